The minimum atomic E-state index is -0.238. The van der Waals surface area contributed by atoms with Gasteiger partial charge >= 0.3 is 0 Å². The van der Waals surface area contributed by atoms with E-state index in [4.69, 9.17) is 12.2 Å². The van der Waals surface area contributed by atoms with Gasteiger partial charge < -0.3 is 5.32 Å². The van der Waals surface area contributed by atoms with Crippen molar-refractivity contribution < 1.29 is 4.39 Å². The van der Waals surface area contributed by atoms with E-state index in [1.807, 2.05) is 6.92 Å². The number of halogens is 1. The highest BCUT2D eigenvalue weighted by atomic mass is 32.1. The van der Waals surface area contributed by atoms with Crippen LogP contribution in [0.25, 0.3) is 0 Å². The van der Waals surface area contributed by atoms with Gasteiger partial charge in [-0.25, -0.2) is 4.39 Å². The topological polar surface area (TPSA) is 36.4 Å². The fourth-order valence-corrected chi connectivity index (χ4v) is 1.49. The van der Waals surface area contributed by atoms with Crippen LogP contribution >= 0.6 is 12.2 Å². The standard InChI is InChI=1S/C14H20FN3S/c1-4-10(2)11(3)17-18-14(19)16-9-12-5-7-13(15)8-6-12/h5-8,10H,4,9H2,1-3H3,(H2,16,18,19)/b17-11-/t10-/m0/s1. The quantitative estimate of drug-likeness (QED) is 0.494. The van der Waals surface area contributed by atoms with Crippen molar-refractivity contribution in [2.24, 2.45) is 11.0 Å². The zero-order chi connectivity index (χ0) is 14.3. The Kier molecular flexibility index (Phi) is 6.42. The highest BCUT2D eigenvalue weighted by Gasteiger charge is 2.02. The number of nitrogens with zero attached hydrogens (tertiary/aromatic N) is 1. The molecule has 1 aromatic carbocycles. The summed E-state index contributed by atoms with van der Waals surface area (Å²) in [5.74, 6) is 0.200. The van der Waals surface area contributed by atoms with Crippen LogP contribution in [0.5, 0.6) is 0 Å². The smallest absolute Gasteiger partial charge is 0.187 e. The van der Waals surface area contributed by atoms with E-state index in [1.165, 1.54) is 12.1 Å². The Morgan fingerprint density at radius 1 is 1.37 bits per heavy atom. The van der Waals surface area contributed by atoms with Crippen molar-refractivity contribution in [2.75, 3.05) is 0 Å². The maximum Gasteiger partial charge on any atom is 0.187 e. The SMILES string of the molecule is CC[C@H](C)/C(C)=N\NC(=S)NCc1ccc(F)cc1. The Morgan fingerprint density at radius 2 is 2.00 bits per heavy atom. The number of hydrogen-bond acceptors (Lipinski definition) is 2. The summed E-state index contributed by atoms with van der Waals surface area (Å²) in [6, 6.07) is 6.30. The Hall–Kier alpha value is -1.49. The molecule has 3 nitrogen and oxygen atoms in total. The van der Waals surface area contributed by atoms with E-state index < -0.39 is 0 Å². The summed E-state index contributed by atoms with van der Waals surface area (Å²) in [7, 11) is 0. The van der Waals surface area contributed by atoms with E-state index in [1.54, 1.807) is 12.1 Å². The summed E-state index contributed by atoms with van der Waals surface area (Å²) in [4.78, 5) is 0. The van der Waals surface area contributed by atoms with Crippen molar-refractivity contribution in [1.29, 1.82) is 0 Å². The van der Waals surface area contributed by atoms with Gasteiger partial charge in [0.1, 0.15) is 5.82 Å². The number of hydrogen-bond donors (Lipinski definition) is 2. The van der Waals surface area contributed by atoms with Gasteiger partial charge in [-0.05, 0) is 49.2 Å². The van der Waals surface area contributed by atoms with Crippen LogP contribution < -0.4 is 10.7 Å². The molecule has 0 spiro atoms. The van der Waals surface area contributed by atoms with Crippen LogP contribution in [0.4, 0.5) is 4.39 Å². The second-order valence-electron chi connectivity index (χ2n) is 4.48. The van der Waals surface area contributed by atoms with Crippen molar-refractivity contribution in [2.45, 2.75) is 33.7 Å². The zero-order valence-corrected chi connectivity index (χ0v) is 12.4. The molecular weight excluding hydrogens is 261 g/mol. The monoisotopic (exact) mass is 281 g/mol. The van der Waals surface area contributed by atoms with Crippen LogP contribution in [0.15, 0.2) is 29.4 Å². The molecule has 1 atom stereocenters. The number of thiocarbonyl (C=S) groups is 1. The molecule has 104 valence electrons. The largest absolute Gasteiger partial charge is 0.357 e. The van der Waals surface area contributed by atoms with Crippen molar-refractivity contribution in [3.8, 4) is 0 Å². The van der Waals surface area contributed by atoms with Crippen molar-refractivity contribution in [3.05, 3.63) is 35.6 Å². The minimum Gasteiger partial charge on any atom is -0.357 e. The molecule has 0 aliphatic rings. The molecule has 5 heteroatoms. The van der Waals surface area contributed by atoms with Gasteiger partial charge in [0.2, 0.25) is 0 Å². The molecule has 0 unspecified atom stereocenters. The fraction of sp³-hybridized carbons (Fsp3) is 0.429. The Bertz CT molecular complexity index is 443. The summed E-state index contributed by atoms with van der Waals surface area (Å²) in [6.45, 7) is 6.76. The molecule has 1 aromatic rings. The predicted molar refractivity (Wildman–Crippen MR) is 81.5 cm³/mol. The molecule has 0 fully saturated rings. The number of benzene rings is 1. The molecule has 0 saturated heterocycles. The highest BCUT2D eigenvalue weighted by molar-refractivity contribution is 7.80. The lowest BCUT2D eigenvalue weighted by Crippen LogP contribution is -2.32. The first kappa shape index (κ1) is 15.6. The van der Waals surface area contributed by atoms with Gasteiger partial charge in [-0.15, -0.1) is 0 Å². The molecule has 0 saturated carbocycles. The van der Waals surface area contributed by atoms with Gasteiger partial charge in [-0.2, -0.15) is 5.10 Å². The van der Waals surface area contributed by atoms with Gasteiger partial charge in [0.25, 0.3) is 0 Å². The van der Waals surface area contributed by atoms with Crippen molar-refractivity contribution in [3.63, 3.8) is 0 Å². The average molecular weight is 281 g/mol. The number of nitrogens with one attached hydrogen (secondary N) is 2. The van der Waals surface area contributed by atoms with Crippen LogP contribution in [-0.2, 0) is 6.54 Å². The van der Waals surface area contributed by atoms with E-state index >= 15 is 0 Å². The first-order chi connectivity index (χ1) is 9.02. The lowest BCUT2D eigenvalue weighted by atomic mass is 10.1. The molecule has 2 N–H and O–H groups in total. The van der Waals surface area contributed by atoms with Crippen LogP contribution in [0.1, 0.15) is 32.8 Å². The van der Waals surface area contributed by atoms with E-state index in [0.29, 0.717) is 17.6 Å². The molecule has 0 aliphatic carbocycles. The molecule has 0 bridgehead atoms. The molecule has 0 aromatic heterocycles. The average Bonchev–Trinajstić information content (AvgIpc) is 2.43. The van der Waals surface area contributed by atoms with Gasteiger partial charge in [-0.1, -0.05) is 26.0 Å². The van der Waals surface area contributed by atoms with E-state index in [2.05, 4.69) is 29.7 Å². The van der Waals surface area contributed by atoms with Crippen molar-refractivity contribution in [1.82, 2.24) is 10.7 Å². The Labute approximate surface area is 119 Å². The lowest BCUT2D eigenvalue weighted by Gasteiger charge is -2.10. The van der Waals surface area contributed by atoms with Crippen LogP contribution in [-0.4, -0.2) is 10.8 Å². The first-order valence-corrected chi connectivity index (χ1v) is 6.76. The second kappa shape index (κ2) is 7.84. The Balaban J connectivity index is 2.38. The molecule has 19 heavy (non-hydrogen) atoms. The minimum absolute atomic E-state index is 0.238. The van der Waals surface area contributed by atoms with Crippen LogP contribution in [0.3, 0.4) is 0 Å². The van der Waals surface area contributed by atoms with E-state index in [9.17, 15) is 4.39 Å². The summed E-state index contributed by atoms with van der Waals surface area (Å²) in [6.07, 6.45) is 1.05. The molecular formula is C14H20FN3S. The van der Waals surface area contributed by atoms with Crippen LogP contribution in [0.2, 0.25) is 0 Å². The third kappa shape index (κ3) is 5.79. The van der Waals surface area contributed by atoms with Gasteiger partial charge in [0.15, 0.2) is 5.11 Å². The summed E-state index contributed by atoms with van der Waals surface area (Å²) in [5, 5.41) is 7.71. The molecule has 1 rings (SSSR count). The van der Waals surface area contributed by atoms with Crippen molar-refractivity contribution >= 4 is 23.0 Å². The summed E-state index contributed by atoms with van der Waals surface area (Å²) in [5.41, 5.74) is 4.80. The predicted octanol–water partition coefficient (Wildman–Crippen LogP) is 3.21. The number of hydrazone groups is 1. The van der Waals surface area contributed by atoms with Gasteiger partial charge in [0.05, 0.1) is 0 Å². The lowest BCUT2D eigenvalue weighted by molar-refractivity contribution is 0.626. The number of rotatable bonds is 5. The van der Waals surface area contributed by atoms with Gasteiger partial charge in [-0.3, -0.25) is 5.43 Å². The van der Waals surface area contributed by atoms with Gasteiger partial charge in [0, 0.05) is 12.3 Å². The van der Waals surface area contributed by atoms with E-state index in [0.717, 1.165) is 17.7 Å². The first-order valence-electron chi connectivity index (χ1n) is 6.35. The molecule has 0 amide bonds. The third-order valence-corrected chi connectivity index (χ3v) is 3.26. The zero-order valence-electron chi connectivity index (χ0n) is 11.5. The highest BCUT2D eigenvalue weighted by Crippen LogP contribution is 2.03. The molecule has 0 aliphatic heterocycles. The third-order valence-electron chi connectivity index (χ3n) is 3.03. The normalized spacial score (nSPS) is 12.9. The molecule has 0 heterocycles. The molecule has 0 radical (unpaired) electrons. The maximum absolute atomic E-state index is 12.7. The Morgan fingerprint density at radius 3 is 2.58 bits per heavy atom. The fourth-order valence-electron chi connectivity index (χ4n) is 1.37. The van der Waals surface area contributed by atoms with Crippen LogP contribution in [0, 0.1) is 11.7 Å². The maximum atomic E-state index is 12.7. The summed E-state index contributed by atoms with van der Waals surface area (Å²) >= 11 is 5.12. The summed E-state index contributed by atoms with van der Waals surface area (Å²) < 4.78 is 12.7. The van der Waals surface area contributed by atoms with E-state index in [-0.39, 0.29) is 5.82 Å². The second-order valence-corrected chi connectivity index (χ2v) is 4.89.